The average molecular weight is 390 g/mol. The number of aromatic hydroxyl groups is 1. The van der Waals surface area contributed by atoms with Gasteiger partial charge in [0.15, 0.2) is 23.0 Å². The topological polar surface area (TPSA) is 97.6 Å². The van der Waals surface area contributed by atoms with Gasteiger partial charge in [0.05, 0.1) is 46.2 Å². The van der Waals surface area contributed by atoms with Crippen LogP contribution in [0.5, 0.6) is 23.0 Å². The van der Waals surface area contributed by atoms with Gasteiger partial charge in [0.25, 0.3) is 0 Å². The molecule has 0 spiro atoms. The highest BCUT2D eigenvalue weighted by atomic mass is 16.5. The summed E-state index contributed by atoms with van der Waals surface area (Å²) in [5, 5.41) is 31.0. The van der Waals surface area contributed by atoms with E-state index in [-0.39, 0.29) is 25.4 Å². The van der Waals surface area contributed by atoms with Crippen LogP contribution in [0.25, 0.3) is 0 Å². The SMILES string of the molecule is COc1cc(C[C@]2(O)CO[C@@H](c3ccc(OC)c(OC)c3)[C@@H]2CO)ccc1O. The lowest BCUT2D eigenvalue weighted by atomic mass is 9.80. The number of aliphatic hydroxyl groups is 2. The summed E-state index contributed by atoms with van der Waals surface area (Å²) < 4.78 is 21.6. The Morgan fingerprint density at radius 1 is 1.00 bits per heavy atom. The van der Waals surface area contributed by atoms with Crippen LogP contribution in [0.2, 0.25) is 0 Å². The molecule has 1 fully saturated rings. The number of aliphatic hydroxyl groups excluding tert-OH is 1. The Hall–Kier alpha value is -2.48. The first kappa shape index (κ1) is 20.3. The van der Waals surface area contributed by atoms with Crippen molar-refractivity contribution < 1.29 is 34.3 Å². The molecule has 2 aromatic carbocycles. The van der Waals surface area contributed by atoms with Gasteiger partial charge in [-0.3, -0.25) is 0 Å². The van der Waals surface area contributed by atoms with Crippen LogP contribution in [0.4, 0.5) is 0 Å². The molecule has 0 aromatic heterocycles. The van der Waals surface area contributed by atoms with Crippen LogP contribution < -0.4 is 14.2 Å². The first-order chi connectivity index (χ1) is 13.5. The van der Waals surface area contributed by atoms with Gasteiger partial charge in [0.1, 0.15) is 0 Å². The number of benzene rings is 2. The van der Waals surface area contributed by atoms with Gasteiger partial charge in [0.2, 0.25) is 0 Å². The van der Waals surface area contributed by atoms with Gasteiger partial charge in [-0.2, -0.15) is 0 Å². The maximum atomic E-state index is 11.3. The molecule has 28 heavy (non-hydrogen) atoms. The molecule has 0 amide bonds. The molecule has 7 heteroatoms. The van der Waals surface area contributed by atoms with Crippen molar-refractivity contribution in [1.29, 1.82) is 0 Å². The van der Waals surface area contributed by atoms with Gasteiger partial charge in [-0.15, -0.1) is 0 Å². The Bertz CT molecular complexity index is 822. The Kier molecular flexibility index (Phi) is 5.98. The molecule has 0 unspecified atom stereocenters. The molecule has 3 rings (SSSR count). The number of ether oxygens (including phenoxy) is 4. The lowest BCUT2D eigenvalue weighted by Gasteiger charge is -2.29. The van der Waals surface area contributed by atoms with Crippen molar-refractivity contribution >= 4 is 0 Å². The van der Waals surface area contributed by atoms with Crippen molar-refractivity contribution in [3.05, 3.63) is 47.5 Å². The largest absolute Gasteiger partial charge is 0.504 e. The maximum absolute atomic E-state index is 11.3. The van der Waals surface area contributed by atoms with E-state index in [9.17, 15) is 15.3 Å². The third-order valence-electron chi connectivity index (χ3n) is 5.26. The van der Waals surface area contributed by atoms with Crippen LogP contribution in [-0.4, -0.2) is 55.5 Å². The van der Waals surface area contributed by atoms with Crippen molar-refractivity contribution in [3.63, 3.8) is 0 Å². The predicted molar refractivity (Wildman–Crippen MR) is 102 cm³/mol. The van der Waals surface area contributed by atoms with Gasteiger partial charge in [0, 0.05) is 12.3 Å². The van der Waals surface area contributed by atoms with Crippen molar-refractivity contribution in [3.8, 4) is 23.0 Å². The highest BCUT2D eigenvalue weighted by Crippen LogP contribution is 2.44. The minimum Gasteiger partial charge on any atom is -0.504 e. The van der Waals surface area contributed by atoms with Crippen LogP contribution in [0.3, 0.4) is 0 Å². The zero-order valence-electron chi connectivity index (χ0n) is 16.2. The van der Waals surface area contributed by atoms with Crippen molar-refractivity contribution in [2.24, 2.45) is 5.92 Å². The van der Waals surface area contributed by atoms with E-state index in [1.807, 2.05) is 6.07 Å². The summed E-state index contributed by atoms with van der Waals surface area (Å²) >= 11 is 0. The molecule has 3 N–H and O–H groups in total. The molecule has 1 aliphatic heterocycles. The molecule has 0 aliphatic carbocycles. The van der Waals surface area contributed by atoms with Crippen LogP contribution in [0.1, 0.15) is 17.2 Å². The quantitative estimate of drug-likeness (QED) is 0.666. The first-order valence-corrected chi connectivity index (χ1v) is 8.98. The zero-order chi connectivity index (χ0) is 20.3. The fourth-order valence-electron chi connectivity index (χ4n) is 3.73. The smallest absolute Gasteiger partial charge is 0.161 e. The lowest BCUT2D eigenvalue weighted by molar-refractivity contribution is -0.0150. The van der Waals surface area contributed by atoms with E-state index in [2.05, 4.69) is 0 Å². The van der Waals surface area contributed by atoms with E-state index in [0.717, 1.165) is 11.1 Å². The number of phenolic OH excluding ortho intramolecular Hbond substituents is 1. The lowest BCUT2D eigenvalue weighted by Crippen LogP contribution is -2.41. The predicted octanol–water partition coefficient (Wildman–Crippen LogP) is 2.07. The van der Waals surface area contributed by atoms with Crippen LogP contribution in [-0.2, 0) is 11.2 Å². The van der Waals surface area contributed by atoms with E-state index in [1.54, 1.807) is 38.5 Å². The molecular weight excluding hydrogens is 364 g/mol. The highest BCUT2D eigenvalue weighted by molar-refractivity contribution is 5.44. The number of phenols is 1. The second-order valence-corrected chi connectivity index (χ2v) is 6.92. The van der Waals surface area contributed by atoms with Crippen LogP contribution in [0.15, 0.2) is 36.4 Å². The summed E-state index contributed by atoms with van der Waals surface area (Å²) in [5.74, 6) is 0.973. The van der Waals surface area contributed by atoms with E-state index < -0.39 is 17.6 Å². The molecule has 152 valence electrons. The second-order valence-electron chi connectivity index (χ2n) is 6.92. The summed E-state index contributed by atoms with van der Waals surface area (Å²) in [6.07, 6.45) is -0.243. The minimum absolute atomic E-state index is 0.0304. The normalized spacial score (nSPS) is 24.2. The maximum Gasteiger partial charge on any atom is 0.161 e. The summed E-state index contributed by atoms with van der Waals surface area (Å²) in [5.41, 5.74) is 0.289. The van der Waals surface area contributed by atoms with Gasteiger partial charge in [-0.05, 0) is 35.4 Å². The van der Waals surface area contributed by atoms with Gasteiger partial charge >= 0.3 is 0 Å². The standard InChI is InChI=1S/C21H26O7/c1-25-17-7-5-14(9-19(17)27-3)20-15(11-22)21(24,12-28-20)10-13-4-6-16(23)18(8-13)26-2/h4-9,15,20,22-24H,10-12H2,1-3H3/t15-,20-,21-/m0/s1. The average Bonchev–Trinajstić information content (AvgIpc) is 3.04. The zero-order valence-corrected chi connectivity index (χ0v) is 16.2. The summed E-state index contributed by atoms with van der Waals surface area (Å²) in [6.45, 7) is -0.175. The molecular formula is C21H26O7. The van der Waals surface area contributed by atoms with E-state index in [1.165, 1.54) is 13.2 Å². The van der Waals surface area contributed by atoms with E-state index in [4.69, 9.17) is 18.9 Å². The summed E-state index contributed by atoms with van der Waals surface area (Å²) in [6, 6.07) is 10.3. The minimum atomic E-state index is -1.27. The van der Waals surface area contributed by atoms with Crippen LogP contribution in [0, 0.1) is 5.92 Å². The van der Waals surface area contributed by atoms with Crippen LogP contribution >= 0.6 is 0 Å². The molecule has 1 heterocycles. The van der Waals surface area contributed by atoms with E-state index >= 15 is 0 Å². The molecule has 2 aromatic rings. The van der Waals surface area contributed by atoms with Gasteiger partial charge < -0.3 is 34.3 Å². The fraction of sp³-hybridized carbons (Fsp3) is 0.429. The van der Waals surface area contributed by atoms with Gasteiger partial charge in [-0.25, -0.2) is 0 Å². The molecule has 1 saturated heterocycles. The van der Waals surface area contributed by atoms with Crippen molar-refractivity contribution in [2.45, 2.75) is 18.1 Å². The molecule has 0 bridgehead atoms. The molecule has 7 nitrogen and oxygen atoms in total. The number of hydrogen-bond donors (Lipinski definition) is 3. The molecule has 0 saturated carbocycles. The Morgan fingerprint density at radius 2 is 1.71 bits per heavy atom. The molecule has 0 radical (unpaired) electrons. The highest BCUT2D eigenvalue weighted by Gasteiger charge is 2.49. The Labute approximate surface area is 164 Å². The third kappa shape index (κ3) is 3.73. The molecule has 1 aliphatic rings. The molecule has 3 atom stereocenters. The number of hydrogen-bond acceptors (Lipinski definition) is 7. The summed E-state index contributed by atoms with van der Waals surface area (Å²) in [4.78, 5) is 0. The fourth-order valence-corrected chi connectivity index (χ4v) is 3.73. The third-order valence-corrected chi connectivity index (χ3v) is 5.26. The Balaban J connectivity index is 1.87. The monoisotopic (exact) mass is 390 g/mol. The number of rotatable bonds is 7. The van der Waals surface area contributed by atoms with Crippen molar-refractivity contribution in [2.75, 3.05) is 34.5 Å². The first-order valence-electron chi connectivity index (χ1n) is 8.98. The second kappa shape index (κ2) is 8.26. The van der Waals surface area contributed by atoms with Crippen molar-refractivity contribution in [1.82, 2.24) is 0 Å². The van der Waals surface area contributed by atoms with E-state index in [0.29, 0.717) is 17.2 Å². The Morgan fingerprint density at radius 3 is 2.36 bits per heavy atom. The number of methoxy groups -OCH3 is 3. The van der Waals surface area contributed by atoms with Gasteiger partial charge in [-0.1, -0.05) is 12.1 Å². The summed E-state index contributed by atoms with van der Waals surface area (Å²) in [7, 11) is 4.58.